The van der Waals surface area contributed by atoms with Crippen LogP contribution in [0.4, 0.5) is 4.79 Å². The number of hydrogen-bond acceptors (Lipinski definition) is 4. The molecule has 1 aromatic rings. The van der Waals surface area contributed by atoms with Gasteiger partial charge in [0.25, 0.3) is 0 Å². The van der Waals surface area contributed by atoms with Gasteiger partial charge >= 0.3 is 6.09 Å². The number of likely N-dealkylation sites (tertiary alicyclic amines) is 1. The number of rotatable bonds is 2. The molecule has 1 N–H and O–H groups in total. The molecule has 5 nitrogen and oxygen atoms in total. The van der Waals surface area contributed by atoms with Crippen LogP contribution in [0.15, 0.2) is 6.20 Å². The molecule has 0 unspecified atom stereocenters. The van der Waals surface area contributed by atoms with Crippen molar-refractivity contribution in [1.29, 1.82) is 5.41 Å². The van der Waals surface area contributed by atoms with E-state index in [2.05, 4.69) is 0 Å². The number of carbonyl (C=O) groups excluding carboxylic acids is 1. The van der Waals surface area contributed by atoms with Crippen molar-refractivity contribution in [2.24, 2.45) is 5.92 Å². The van der Waals surface area contributed by atoms with Gasteiger partial charge in [-0.15, -0.1) is 11.3 Å². The second-order valence-corrected chi connectivity index (χ2v) is 7.29. The van der Waals surface area contributed by atoms with Crippen molar-refractivity contribution in [3.05, 3.63) is 15.9 Å². The van der Waals surface area contributed by atoms with Crippen LogP contribution in [0.1, 0.15) is 25.6 Å². The maximum absolute atomic E-state index is 11.8. The Morgan fingerprint density at radius 2 is 2.16 bits per heavy atom. The Balaban J connectivity index is 1.82. The van der Waals surface area contributed by atoms with Gasteiger partial charge in [-0.05, 0) is 27.7 Å². The van der Waals surface area contributed by atoms with Crippen molar-refractivity contribution in [2.75, 3.05) is 13.1 Å². The highest BCUT2D eigenvalue weighted by atomic mass is 32.1. The molecule has 2 heterocycles. The van der Waals surface area contributed by atoms with Crippen molar-refractivity contribution >= 4 is 17.4 Å². The van der Waals surface area contributed by atoms with Crippen LogP contribution in [0.3, 0.4) is 0 Å². The summed E-state index contributed by atoms with van der Waals surface area (Å²) in [5, 5.41) is 7.81. The third-order valence-electron chi connectivity index (χ3n) is 2.92. The second kappa shape index (κ2) is 5.00. The number of amides is 1. The normalized spacial score (nSPS) is 16.3. The molecule has 0 spiro atoms. The highest BCUT2D eigenvalue weighted by Crippen LogP contribution is 2.20. The number of hydrogen-bond donors (Lipinski definition) is 1. The Hall–Kier alpha value is -1.30. The molecule has 1 amide bonds. The van der Waals surface area contributed by atoms with E-state index in [0.717, 1.165) is 24.5 Å². The van der Waals surface area contributed by atoms with Crippen molar-refractivity contribution < 1.29 is 9.53 Å². The van der Waals surface area contributed by atoms with E-state index in [1.54, 1.807) is 4.90 Å². The molecule has 1 aliphatic rings. The van der Waals surface area contributed by atoms with E-state index >= 15 is 0 Å². The first-order valence-corrected chi connectivity index (χ1v) is 7.25. The van der Waals surface area contributed by atoms with Gasteiger partial charge in [-0.25, -0.2) is 4.79 Å². The first-order valence-electron chi connectivity index (χ1n) is 6.44. The van der Waals surface area contributed by atoms with Gasteiger partial charge in [-0.2, -0.15) is 0 Å². The highest BCUT2D eigenvalue weighted by molar-refractivity contribution is 7.09. The molecule has 0 radical (unpaired) electrons. The van der Waals surface area contributed by atoms with Crippen LogP contribution in [0, 0.1) is 18.3 Å². The Bertz CT molecular complexity index is 521. The molecule has 0 saturated carbocycles. The van der Waals surface area contributed by atoms with E-state index in [0.29, 0.717) is 10.7 Å². The zero-order valence-corrected chi connectivity index (χ0v) is 12.7. The van der Waals surface area contributed by atoms with Gasteiger partial charge in [0.1, 0.15) is 5.60 Å². The van der Waals surface area contributed by atoms with Gasteiger partial charge < -0.3 is 14.2 Å². The van der Waals surface area contributed by atoms with Crippen LogP contribution in [0.5, 0.6) is 0 Å². The maximum atomic E-state index is 11.8. The van der Waals surface area contributed by atoms with Gasteiger partial charge in [0, 0.05) is 36.6 Å². The molecule has 1 fully saturated rings. The number of carbonyl (C=O) groups is 1. The molecule has 1 aromatic heterocycles. The average Bonchev–Trinajstić information content (AvgIpc) is 2.47. The highest BCUT2D eigenvalue weighted by Gasteiger charge is 2.33. The number of nitrogens with one attached hydrogen (secondary N) is 1. The van der Waals surface area contributed by atoms with Crippen LogP contribution in [-0.4, -0.2) is 34.3 Å². The maximum Gasteiger partial charge on any atom is 0.410 e. The van der Waals surface area contributed by atoms with E-state index in [9.17, 15) is 4.79 Å². The van der Waals surface area contributed by atoms with Crippen molar-refractivity contribution in [3.8, 4) is 0 Å². The first kappa shape index (κ1) is 14.1. The van der Waals surface area contributed by atoms with Crippen LogP contribution in [0.2, 0.25) is 0 Å². The smallest absolute Gasteiger partial charge is 0.410 e. The summed E-state index contributed by atoms with van der Waals surface area (Å²) in [4.78, 5) is 15.2. The lowest BCUT2D eigenvalue weighted by Gasteiger charge is -2.39. The summed E-state index contributed by atoms with van der Waals surface area (Å²) < 4.78 is 7.27. The van der Waals surface area contributed by atoms with E-state index in [1.165, 1.54) is 11.3 Å². The van der Waals surface area contributed by atoms with E-state index < -0.39 is 5.60 Å². The molecule has 2 rings (SSSR count). The fourth-order valence-electron chi connectivity index (χ4n) is 2.09. The fourth-order valence-corrected chi connectivity index (χ4v) is 2.82. The molecule has 19 heavy (non-hydrogen) atoms. The third-order valence-corrected chi connectivity index (χ3v) is 3.78. The number of aromatic nitrogens is 1. The van der Waals surface area contributed by atoms with Crippen LogP contribution in [-0.2, 0) is 11.3 Å². The molecule has 106 valence electrons. The topological polar surface area (TPSA) is 58.3 Å². The summed E-state index contributed by atoms with van der Waals surface area (Å²) in [6.45, 7) is 9.87. The summed E-state index contributed by atoms with van der Waals surface area (Å²) >= 11 is 1.49. The third kappa shape index (κ3) is 3.59. The molecule has 6 heteroatoms. The Morgan fingerprint density at radius 1 is 1.53 bits per heavy atom. The standard InChI is InChI=1S/C13H21N3O2S/c1-9-5-15(11(14)19-9)6-10-7-16(8-10)12(17)18-13(2,3)4/h5,10,14H,6-8H2,1-4H3. The van der Waals surface area contributed by atoms with Gasteiger partial charge in [0.15, 0.2) is 4.80 Å². The SMILES string of the molecule is Cc1cn(CC2CN(C(=O)OC(C)(C)C)C2)c(=N)s1. The van der Waals surface area contributed by atoms with Gasteiger partial charge in [-0.1, -0.05) is 0 Å². The second-order valence-electron chi connectivity index (χ2n) is 6.05. The predicted octanol–water partition coefficient (Wildman–Crippen LogP) is 2.20. The summed E-state index contributed by atoms with van der Waals surface area (Å²) in [6.07, 6.45) is 1.77. The fraction of sp³-hybridized carbons (Fsp3) is 0.692. The van der Waals surface area contributed by atoms with E-state index in [-0.39, 0.29) is 6.09 Å². The minimum absolute atomic E-state index is 0.235. The molecule has 0 atom stereocenters. The summed E-state index contributed by atoms with van der Waals surface area (Å²) in [5.41, 5.74) is -0.435. The quantitative estimate of drug-likeness (QED) is 0.904. The van der Waals surface area contributed by atoms with E-state index in [4.69, 9.17) is 10.1 Å². The van der Waals surface area contributed by atoms with Gasteiger partial charge in [-0.3, -0.25) is 5.41 Å². The van der Waals surface area contributed by atoms with Crippen molar-refractivity contribution in [1.82, 2.24) is 9.47 Å². The van der Waals surface area contributed by atoms with E-state index in [1.807, 2.05) is 38.5 Å². The van der Waals surface area contributed by atoms with Crippen LogP contribution < -0.4 is 4.80 Å². The van der Waals surface area contributed by atoms with Crippen LogP contribution >= 0.6 is 11.3 Å². The van der Waals surface area contributed by atoms with Crippen molar-refractivity contribution in [2.45, 2.75) is 39.8 Å². The minimum atomic E-state index is -0.435. The van der Waals surface area contributed by atoms with Crippen molar-refractivity contribution in [3.63, 3.8) is 0 Å². The van der Waals surface area contributed by atoms with Gasteiger partial charge in [0.2, 0.25) is 0 Å². The Morgan fingerprint density at radius 3 is 2.63 bits per heavy atom. The minimum Gasteiger partial charge on any atom is -0.444 e. The summed E-state index contributed by atoms with van der Waals surface area (Å²) in [5.74, 6) is 0.426. The first-order chi connectivity index (χ1) is 8.74. The molecule has 0 aromatic carbocycles. The monoisotopic (exact) mass is 283 g/mol. The number of thiazole rings is 1. The number of aryl methyl sites for hydroxylation is 1. The molecule has 1 saturated heterocycles. The molecular weight excluding hydrogens is 262 g/mol. The van der Waals surface area contributed by atoms with Crippen LogP contribution in [0.25, 0.3) is 0 Å². The Labute approximate surface area is 117 Å². The average molecular weight is 283 g/mol. The lowest BCUT2D eigenvalue weighted by atomic mass is 10.0. The number of ether oxygens (including phenoxy) is 1. The van der Waals surface area contributed by atoms with Gasteiger partial charge in [0.05, 0.1) is 0 Å². The number of nitrogens with zero attached hydrogens (tertiary/aromatic N) is 2. The largest absolute Gasteiger partial charge is 0.444 e. The zero-order valence-electron chi connectivity index (χ0n) is 11.9. The zero-order chi connectivity index (χ0) is 14.2. The predicted molar refractivity (Wildman–Crippen MR) is 74.2 cm³/mol. The lowest BCUT2D eigenvalue weighted by Crippen LogP contribution is -2.53. The Kier molecular flexibility index (Phi) is 3.71. The summed E-state index contributed by atoms with van der Waals surface area (Å²) in [6, 6.07) is 0. The molecule has 1 aliphatic heterocycles. The summed E-state index contributed by atoms with van der Waals surface area (Å²) in [7, 11) is 0. The molecular formula is C13H21N3O2S. The molecule has 0 aliphatic carbocycles. The molecule has 0 bridgehead atoms. The lowest BCUT2D eigenvalue weighted by molar-refractivity contribution is -0.00344.